The molecule has 1 radical (unpaired) electrons. The van der Waals surface area contributed by atoms with Crippen LogP contribution in [-0.2, 0) is 4.74 Å². The summed E-state index contributed by atoms with van der Waals surface area (Å²) >= 11 is 0. The van der Waals surface area contributed by atoms with Crippen LogP contribution in [0.15, 0.2) is 12.3 Å². The van der Waals surface area contributed by atoms with Gasteiger partial charge in [0, 0.05) is 6.42 Å². The molecule has 0 aliphatic carbocycles. The van der Waals surface area contributed by atoms with Crippen LogP contribution in [-0.4, -0.2) is 23.7 Å². The van der Waals surface area contributed by atoms with Gasteiger partial charge in [0.1, 0.15) is 12.8 Å². The topological polar surface area (TPSA) is 26.3 Å². The van der Waals surface area contributed by atoms with E-state index in [9.17, 15) is 0 Å². The van der Waals surface area contributed by atoms with Crippen molar-refractivity contribution in [2.24, 2.45) is 0 Å². The highest BCUT2D eigenvalue weighted by Crippen LogP contribution is 2.01. The monoisotopic (exact) mass is 124 g/mol. The number of hydrogen-bond donors (Lipinski definition) is 0. The summed E-state index contributed by atoms with van der Waals surface area (Å²) in [4.78, 5) is 0. The van der Waals surface area contributed by atoms with Gasteiger partial charge in [0.15, 0.2) is 6.54 Å². The molecule has 0 aromatic carbocycles. The fraction of sp³-hybridized carbons (Fsp3) is 0.500. The van der Waals surface area contributed by atoms with Gasteiger partial charge in [0.2, 0.25) is 0 Å². The SMILES string of the molecule is C1=CC2=[N+](CCCO2)[N]1. The molecule has 0 fully saturated rings. The summed E-state index contributed by atoms with van der Waals surface area (Å²) in [6, 6.07) is 0. The van der Waals surface area contributed by atoms with Gasteiger partial charge in [-0.15, -0.1) is 0 Å². The van der Waals surface area contributed by atoms with Crippen molar-refractivity contribution in [2.45, 2.75) is 6.42 Å². The second-order valence-corrected chi connectivity index (χ2v) is 2.09. The molecule has 0 spiro atoms. The maximum absolute atomic E-state index is 5.26. The summed E-state index contributed by atoms with van der Waals surface area (Å²) in [5, 5.41) is 0. The first-order valence-corrected chi connectivity index (χ1v) is 3.11. The minimum atomic E-state index is 0.839. The van der Waals surface area contributed by atoms with E-state index in [2.05, 4.69) is 5.43 Å². The Morgan fingerprint density at radius 1 is 1.67 bits per heavy atom. The number of hydrogen-bond acceptors (Lipinski definition) is 1. The third kappa shape index (κ3) is 0.686. The van der Waals surface area contributed by atoms with Crippen molar-refractivity contribution in [3.8, 4) is 0 Å². The van der Waals surface area contributed by atoms with Crippen LogP contribution in [0, 0.1) is 0 Å². The molecule has 0 aromatic heterocycles. The van der Waals surface area contributed by atoms with E-state index in [1.54, 1.807) is 6.20 Å². The van der Waals surface area contributed by atoms with E-state index in [4.69, 9.17) is 4.74 Å². The lowest BCUT2D eigenvalue weighted by atomic mass is 10.4. The molecule has 0 bridgehead atoms. The smallest absolute Gasteiger partial charge is 0.395 e. The maximum atomic E-state index is 5.26. The maximum Gasteiger partial charge on any atom is 0.395 e. The lowest BCUT2D eigenvalue weighted by molar-refractivity contribution is -0.590. The van der Waals surface area contributed by atoms with E-state index in [0.29, 0.717) is 0 Å². The normalized spacial score (nSPS) is 23.1. The zero-order valence-electron chi connectivity index (χ0n) is 5.08. The fourth-order valence-electron chi connectivity index (χ4n) is 1.00. The first-order valence-electron chi connectivity index (χ1n) is 3.11. The predicted molar refractivity (Wildman–Crippen MR) is 32.0 cm³/mol. The lowest BCUT2D eigenvalue weighted by Gasteiger charge is -2.05. The van der Waals surface area contributed by atoms with Gasteiger partial charge in [-0.25, -0.2) is 0 Å². The Labute approximate surface area is 53.6 Å². The van der Waals surface area contributed by atoms with Gasteiger partial charge < -0.3 is 4.74 Å². The zero-order valence-corrected chi connectivity index (χ0v) is 5.08. The molecule has 0 amide bonds. The summed E-state index contributed by atoms with van der Waals surface area (Å²) in [6.45, 7) is 1.84. The minimum Gasteiger partial charge on any atom is -0.442 e. The van der Waals surface area contributed by atoms with Crippen LogP contribution in [0.2, 0.25) is 0 Å². The Kier molecular flexibility index (Phi) is 0.946. The van der Waals surface area contributed by atoms with Crippen molar-refractivity contribution in [2.75, 3.05) is 13.2 Å². The van der Waals surface area contributed by atoms with E-state index in [0.717, 1.165) is 25.5 Å². The molecule has 2 aliphatic rings. The molecule has 0 aromatic rings. The fourth-order valence-corrected chi connectivity index (χ4v) is 1.00. The van der Waals surface area contributed by atoms with Gasteiger partial charge in [0.25, 0.3) is 0 Å². The molecule has 2 heterocycles. The second-order valence-electron chi connectivity index (χ2n) is 2.09. The first kappa shape index (κ1) is 4.85. The van der Waals surface area contributed by atoms with E-state index < -0.39 is 0 Å². The molecule has 3 heteroatoms. The summed E-state index contributed by atoms with van der Waals surface area (Å²) < 4.78 is 7.14. The Morgan fingerprint density at radius 2 is 2.67 bits per heavy atom. The molecule has 9 heavy (non-hydrogen) atoms. The second kappa shape index (κ2) is 1.76. The third-order valence-electron chi connectivity index (χ3n) is 1.44. The van der Waals surface area contributed by atoms with E-state index in [1.807, 2.05) is 10.8 Å². The van der Waals surface area contributed by atoms with Gasteiger partial charge in [-0.2, -0.15) is 0 Å². The molecule has 0 saturated carbocycles. The highest BCUT2D eigenvalue weighted by Gasteiger charge is 2.24. The number of nitrogens with zero attached hydrogens (tertiary/aromatic N) is 2. The quantitative estimate of drug-likeness (QED) is 0.413. The van der Waals surface area contributed by atoms with Crippen molar-refractivity contribution in [1.29, 1.82) is 0 Å². The minimum absolute atomic E-state index is 0.839. The Hall–Kier alpha value is -0.990. The highest BCUT2D eigenvalue weighted by atomic mass is 16.5. The summed E-state index contributed by atoms with van der Waals surface area (Å²) in [5.41, 5.74) is 4.05. The largest absolute Gasteiger partial charge is 0.442 e. The Balaban J connectivity index is 2.24. The highest BCUT2D eigenvalue weighted by molar-refractivity contribution is 5.84. The van der Waals surface area contributed by atoms with Crippen LogP contribution >= 0.6 is 0 Å². The van der Waals surface area contributed by atoms with E-state index in [-0.39, 0.29) is 0 Å². The summed E-state index contributed by atoms with van der Waals surface area (Å²) in [6.07, 6.45) is 4.73. The van der Waals surface area contributed by atoms with Crippen LogP contribution in [0.5, 0.6) is 0 Å². The molecule has 2 aliphatic heterocycles. The van der Waals surface area contributed by atoms with Crippen molar-refractivity contribution < 1.29 is 9.42 Å². The van der Waals surface area contributed by atoms with Crippen LogP contribution in [0.25, 0.3) is 0 Å². The Morgan fingerprint density at radius 3 is 3.56 bits per heavy atom. The molecule has 2 rings (SSSR count). The molecule has 0 atom stereocenters. The van der Waals surface area contributed by atoms with Crippen LogP contribution in [0.3, 0.4) is 0 Å². The lowest BCUT2D eigenvalue weighted by Crippen LogP contribution is -2.28. The molecular weight excluding hydrogens is 116 g/mol. The van der Waals surface area contributed by atoms with E-state index in [1.165, 1.54) is 0 Å². The van der Waals surface area contributed by atoms with Gasteiger partial charge in [-0.05, 0) is 5.43 Å². The van der Waals surface area contributed by atoms with Crippen molar-refractivity contribution in [1.82, 2.24) is 5.43 Å². The van der Waals surface area contributed by atoms with Crippen LogP contribution in [0.4, 0.5) is 0 Å². The van der Waals surface area contributed by atoms with Gasteiger partial charge in [0.05, 0.1) is 6.08 Å². The van der Waals surface area contributed by atoms with Gasteiger partial charge in [-0.3, -0.25) is 0 Å². The number of ether oxygens (including phenoxy) is 1. The van der Waals surface area contributed by atoms with Gasteiger partial charge in [-0.1, -0.05) is 4.68 Å². The average Bonchev–Trinajstić information content (AvgIpc) is 2.33. The van der Waals surface area contributed by atoms with Crippen LogP contribution < -0.4 is 5.43 Å². The third-order valence-corrected chi connectivity index (χ3v) is 1.44. The molecule has 0 N–H and O–H groups in total. The molecular formula is C6H8N2O+. The molecule has 3 nitrogen and oxygen atoms in total. The van der Waals surface area contributed by atoms with E-state index >= 15 is 0 Å². The summed E-state index contributed by atoms with van der Waals surface area (Å²) in [5.74, 6) is 0.904. The molecule has 0 saturated heterocycles. The van der Waals surface area contributed by atoms with Crippen LogP contribution in [0.1, 0.15) is 6.42 Å². The first-order chi connectivity index (χ1) is 4.47. The summed E-state index contributed by atoms with van der Waals surface area (Å²) in [7, 11) is 0. The standard InChI is InChI=1S/C6H8N2O/c1-4-8-6(9-5-1)2-3-7-8/h2-3H,1,4-5H2/q+1. The van der Waals surface area contributed by atoms with Crippen molar-refractivity contribution in [3.63, 3.8) is 0 Å². The van der Waals surface area contributed by atoms with Gasteiger partial charge >= 0.3 is 5.90 Å². The Bertz CT molecular complexity index is 183. The average molecular weight is 124 g/mol. The number of rotatable bonds is 0. The van der Waals surface area contributed by atoms with Crippen molar-refractivity contribution in [3.05, 3.63) is 12.3 Å². The van der Waals surface area contributed by atoms with Crippen molar-refractivity contribution >= 4 is 5.90 Å². The predicted octanol–water partition coefficient (Wildman–Crippen LogP) is -0.136. The molecule has 0 unspecified atom stereocenters. The molecule has 47 valence electrons. The zero-order chi connectivity index (χ0) is 6.10.